The van der Waals surface area contributed by atoms with Crippen LogP contribution in [0.25, 0.3) is 0 Å². The number of halogens is 4. The number of anilines is 2. The molecule has 2 aliphatic heterocycles. The summed E-state index contributed by atoms with van der Waals surface area (Å²) in [6.07, 6.45) is 1.33. The molecule has 0 saturated carbocycles. The summed E-state index contributed by atoms with van der Waals surface area (Å²) in [6, 6.07) is 24.4. The average molecular weight is 1170 g/mol. The number of nitrogens with zero attached hydrogens (tertiary/aromatic N) is 4. The van der Waals surface area contributed by atoms with Crippen molar-refractivity contribution in [3.63, 3.8) is 0 Å². The molecule has 3 unspecified atom stereocenters. The van der Waals surface area contributed by atoms with Crippen LogP contribution in [0.2, 0.25) is 20.1 Å². The van der Waals surface area contributed by atoms with Crippen LogP contribution >= 0.6 is 46.4 Å². The fourth-order valence-corrected chi connectivity index (χ4v) is 10.4. The van der Waals surface area contributed by atoms with Gasteiger partial charge in [-0.3, -0.25) is 24.0 Å². The number of nitrogens with two attached hydrogens (primary N) is 2. The van der Waals surface area contributed by atoms with Crippen molar-refractivity contribution in [2.24, 2.45) is 23.3 Å². The zero-order chi connectivity index (χ0) is 58.0. The first kappa shape index (κ1) is 64.2. The third-order valence-electron chi connectivity index (χ3n) is 13.3. The summed E-state index contributed by atoms with van der Waals surface area (Å²) in [5.41, 5.74) is 16.7. The van der Waals surface area contributed by atoms with E-state index in [2.05, 4.69) is 51.7 Å². The molecule has 3 atom stereocenters. The number of amides is 5. The third kappa shape index (κ3) is 20.5. The molecular weight excluding hydrogens is 1090 g/mol. The summed E-state index contributed by atoms with van der Waals surface area (Å²) in [5, 5.41) is 10.1. The second kappa shape index (κ2) is 30.8. The maximum absolute atomic E-state index is 13.8. The molecule has 2 saturated heterocycles. The van der Waals surface area contributed by atoms with Crippen molar-refractivity contribution >= 4 is 93.3 Å². The summed E-state index contributed by atoms with van der Waals surface area (Å²) in [6.45, 7) is 18.3. The normalized spacial score (nSPS) is 14.9. The van der Waals surface area contributed by atoms with Gasteiger partial charge in [0.05, 0.1) is 0 Å². The lowest BCUT2D eigenvalue weighted by molar-refractivity contribution is -0.136. The van der Waals surface area contributed by atoms with Crippen LogP contribution in [0.15, 0.2) is 84.9 Å². The number of piperazine rings is 2. The van der Waals surface area contributed by atoms with E-state index in [1.54, 1.807) is 62.1 Å². The van der Waals surface area contributed by atoms with Crippen molar-refractivity contribution in [1.82, 2.24) is 25.8 Å². The maximum Gasteiger partial charge on any atom is 0.407 e. The van der Waals surface area contributed by atoms with Gasteiger partial charge in [0, 0.05) is 141 Å². The number of carbonyl (C=O) groups excluding carboxylic acids is 6. The average Bonchev–Trinajstić information content (AvgIpc) is 3.39. The molecule has 0 spiro atoms. The van der Waals surface area contributed by atoms with Gasteiger partial charge in [-0.25, -0.2) is 4.79 Å². The molecule has 430 valence electrons. The highest BCUT2D eigenvalue weighted by molar-refractivity contribution is 6.35. The Morgan fingerprint density at radius 2 is 1.09 bits per heavy atom. The molecule has 4 aromatic rings. The molecule has 4 aromatic carbocycles. The summed E-state index contributed by atoms with van der Waals surface area (Å²) < 4.78 is 5.21. The Bertz CT molecular complexity index is 2710. The SMILES string of the molecule is CC(C)CC(=O)c1ccccc1N1CCN(C(=O)C(Cc2ccc(Cl)cc2Cl)NC(=O)CCNC(=O)OC(C)(C)C)CC1.CC(C)CC(N)c1ccccc1N1CCN(C(=O)C(Cc2ccc(Cl)cc2Cl)NC(=O)CCN)CC1. The number of benzene rings is 4. The Kier molecular flexibility index (Phi) is 25.1. The van der Waals surface area contributed by atoms with Gasteiger partial charge in [-0.05, 0) is 98.2 Å². The van der Waals surface area contributed by atoms with Gasteiger partial charge in [-0.2, -0.15) is 0 Å². The third-order valence-corrected chi connectivity index (χ3v) is 14.4. The number of alkyl carbamates (subject to hydrolysis) is 1. The first-order valence-electron chi connectivity index (χ1n) is 27.1. The Morgan fingerprint density at radius 1 is 0.620 bits per heavy atom. The number of para-hydroxylation sites is 2. The van der Waals surface area contributed by atoms with Gasteiger partial charge in [0.25, 0.3) is 0 Å². The van der Waals surface area contributed by atoms with E-state index < -0.39 is 29.7 Å². The summed E-state index contributed by atoms with van der Waals surface area (Å²) in [5.74, 6) is -0.150. The molecule has 0 aromatic heterocycles. The standard InChI is InChI=1S/C32H42Cl2N4O5.C27H37Cl2N5O2/c1-21(2)18-28(39)24-8-6-7-9-27(24)37-14-16-38(17-15-37)30(41)26(19-22-10-11-23(33)20-25(22)34)36-29(40)12-13-35-31(42)43-32(3,4)5;1-18(2)15-23(31)21-5-3-4-6-25(21)33-11-13-34(14-12-33)27(36)24(32-26(35)9-10-30)16-19-7-8-20(28)17-22(19)29/h6-11,20-21,26H,12-19H2,1-5H3,(H,35,42)(H,36,40);3-8,17-18,23-24H,9-16,30-31H2,1-2H3,(H,32,35). The van der Waals surface area contributed by atoms with E-state index in [9.17, 15) is 28.8 Å². The van der Waals surface area contributed by atoms with Gasteiger partial charge in [-0.15, -0.1) is 0 Å². The summed E-state index contributed by atoms with van der Waals surface area (Å²) in [4.78, 5) is 85.3. The van der Waals surface area contributed by atoms with Gasteiger partial charge in [0.15, 0.2) is 5.78 Å². The molecule has 7 N–H and O–H groups in total. The van der Waals surface area contributed by atoms with E-state index in [1.165, 1.54) is 0 Å². The smallest absolute Gasteiger partial charge is 0.407 e. The van der Waals surface area contributed by atoms with Crippen LogP contribution in [0, 0.1) is 11.8 Å². The molecule has 0 bridgehead atoms. The number of ketones is 1. The number of rotatable bonds is 21. The number of Topliss-reactive ketones (excluding diaryl/α,β-unsaturated/α-hetero) is 1. The van der Waals surface area contributed by atoms with Crippen molar-refractivity contribution in [2.45, 2.75) is 111 Å². The van der Waals surface area contributed by atoms with E-state index in [0.717, 1.165) is 28.9 Å². The highest BCUT2D eigenvalue weighted by Gasteiger charge is 2.33. The number of ether oxygens (including phenoxy) is 1. The molecule has 5 amide bonds. The predicted octanol–water partition coefficient (Wildman–Crippen LogP) is 9.28. The van der Waals surface area contributed by atoms with Gasteiger partial charge >= 0.3 is 6.09 Å². The Morgan fingerprint density at radius 3 is 1.56 bits per heavy atom. The van der Waals surface area contributed by atoms with E-state index in [0.29, 0.717) is 95.9 Å². The van der Waals surface area contributed by atoms with Gasteiger partial charge < -0.3 is 51.8 Å². The van der Waals surface area contributed by atoms with Crippen LogP contribution in [0.4, 0.5) is 16.2 Å². The minimum Gasteiger partial charge on any atom is -0.444 e. The number of hydrogen-bond acceptors (Lipinski definition) is 11. The minimum absolute atomic E-state index is 0.0351. The van der Waals surface area contributed by atoms with Crippen molar-refractivity contribution in [3.8, 4) is 0 Å². The molecular formula is C59H79Cl4N9O7. The summed E-state index contributed by atoms with van der Waals surface area (Å²) in [7, 11) is 0. The Labute approximate surface area is 486 Å². The van der Waals surface area contributed by atoms with Crippen molar-refractivity contribution < 1.29 is 33.5 Å². The van der Waals surface area contributed by atoms with Crippen LogP contribution in [-0.2, 0) is 36.8 Å². The lowest BCUT2D eigenvalue weighted by atomic mass is 9.96. The minimum atomic E-state index is -0.876. The van der Waals surface area contributed by atoms with Crippen molar-refractivity contribution in [2.75, 3.05) is 75.2 Å². The monoisotopic (exact) mass is 1170 g/mol. The largest absolute Gasteiger partial charge is 0.444 e. The fraction of sp³-hybridized carbons (Fsp3) is 0.492. The van der Waals surface area contributed by atoms with E-state index in [-0.39, 0.29) is 74.2 Å². The highest BCUT2D eigenvalue weighted by atomic mass is 35.5. The zero-order valence-electron chi connectivity index (χ0n) is 46.6. The van der Waals surface area contributed by atoms with Crippen molar-refractivity contribution in [3.05, 3.63) is 127 Å². The van der Waals surface area contributed by atoms with Gasteiger partial charge in [0.2, 0.25) is 23.6 Å². The molecule has 16 nitrogen and oxygen atoms in total. The quantitative estimate of drug-likeness (QED) is 0.0496. The lowest BCUT2D eigenvalue weighted by Gasteiger charge is -2.39. The molecule has 0 aliphatic carbocycles. The van der Waals surface area contributed by atoms with Crippen molar-refractivity contribution in [1.29, 1.82) is 0 Å². The second-order valence-corrected chi connectivity index (χ2v) is 23.5. The highest BCUT2D eigenvalue weighted by Crippen LogP contribution is 2.31. The van der Waals surface area contributed by atoms with Crippen LogP contribution in [0.5, 0.6) is 0 Å². The Balaban J connectivity index is 0.000000295. The number of carbonyl (C=O) groups is 6. The van der Waals surface area contributed by atoms with Gasteiger partial charge in [-0.1, -0.05) is 117 Å². The van der Waals surface area contributed by atoms with Crippen LogP contribution in [0.3, 0.4) is 0 Å². The molecule has 79 heavy (non-hydrogen) atoms. The first-order valence-corrected chi connectivity index (χ1v) is 28.6. The first-order chi connectivity index (χ1) is 37.4. The molecule has 6 rings (SSSR count). The molecule has 2 fully saturated rings. The number of nitrogens with one attached hydrogen (secondary N) is 3. The van der Waals surface area contributed by atoms with E-state index in [4.69, 9.17) is 62.6 Å². The molecule has 20 heteroatoms. The molecule has 2 heterocycles. The number of hydrogen-bond donors (Lipinski definition) is 5. The topological polar surface area (TPSA) is 213 Å². The van der Waals surface area contributed by atoms with Crippen LogP contribution in [0.1, 0.15) is 107 Å². The second-order valence-electron chi connectivity index (χ2n) is 21.8. The fourth-order valence-electron chi connectivity index (χ4n) is 9.44. The Hall–Kier alpha value is -5.62. The van der Waals surface area contributed by atoms with E-state index in [1.807, 2.05) is 55.1 Å². The predicted molar refractivity (Wildman–Crippen MR) is 317 cm³/mol. The van der Waals surface area contributed by atoms with E-state index >= 15 is 0 Å². The summed E-state index contributed by atoms with van der Waals surface area (Å²) >= 11 is 24.9. The van der Waals surface area contributed by atoms with Crippen LogP contribution < -0.4 is 37.2 Å². The zero-order valence-corrected chi connectivity index (χ0v) is 49.6. The maximum atomic E-state index is 13.8. The molecule has 2 aliphatic rings. The lowest BCUT2D eigenvalue weighted by Crippen LogP contribution is -2.56. The van der Waals surface area contributed by atoms with Gasteiger partial charge in [0.1, 0.15) is 17.7 Å². The molecule has 0 radical (unpaired) electrons. The van der Waals surface area contributed by atoms with Crippen LogP contribution in [-0.4, -0.2) is 128 Å².